The number of rotatable bonds is 1. The van der Waals surface area contributed by atoms with Crippen LogP contribution in [-0.2, 0) is 0 Å². The zero-order valence-corrected chi connectivity index (χ0v) is 9.90. The van der Waals surface area contributed by atoms with Gasteiger partial charge in [-0.3, -0.25) is 0 Å². The van der Waals surface area contributed by atoms with Gasteiger partial charge >= 0.3 is 0 Å². The SMILES string of the molecule is CCC1CC(C)(C)CCCCC1C. The molecule has 0 radical (unpaired) electrons. The Labute approximate surface area is 84.1 Å². The zero-order chi connectivity index (χ0) is 9.90. The average molecular weight is 182 g/mol. The standard InChI is InChI=1S/C13H26/c1-5-12-10-13(3,4)9-7-6-8-11(12)2/h11-12H,5-10H2,1-4H3. The molecular weight excluding hydrogens is 156 g/mol. The van der Waals surface area contributed by atoms with Gasteiger partial charge in [0.05, 0.1) is 0 Å². The van der Waals surface area contributed by atoms with Gasteiger partial charge in [0.15, 0.2) is 0 Å². The van der Waals surface area contributed by atoms with Gasteiger partial charge in [0, 0.05) is 0 Å². The van der Waals surface area contributed by atoms with E-state index in [1.807, 2.05) is 0 Å². The van der Waals surface area contributed by atoms with Crippen LogP contribution in [-0.4, -0.2) is 0 Å². The molecule has 0 saturated heterocycles. The number of hydrogen-bond donors (Lipinski definition) is 0. The molecule has 2 atom stereocenters. The second-order valence-corrected chi connectivity index (χ2v) is 5.76. The van der Waals surface area contributed by atoms with Gasteiger partial charge in [-0.25, -0.2) is 0 Å². The summed E-state index contributed by atoms with van der Waals surface area (Å²) in [6, 6.07) is 0. The fourth-order valence-electron chi connectivity index (χ4n) is 2.87. The minimum atomic E-state index is 0.607. The molecule has 0 spiro atoms. The van der Waals surface area contributed by atoms with Crippen molar-refractivity contribution in [1.29, 1.82) is 0 Å². The van der Waals surface area contributed by atoms with Crippen molar-refractivity contribution >= 4 is 0 Å². The molecule has 0 heteroatoms. The second kappa shape index (κ2) is 4.48. The van der Waals surface area contributed by atoms with E-state index in [9.17, 15) is 0 Å². The highest BCUT2D eigenvalue weighted by molar-refractivity contribution is 4.78. The predicted octanol–water partition coefficient (Wildman–Crippen LogP) is 4.64. The van der Waals surface area contributed by atoms with Crippen LogP contribution in [0, 0.1) is 17.3 Å². The average Bonchev–Trinajstić information content (AvgIpc) is 2.06. The predicted molar refractivity (Wildman–Crippen MR) is 59.8 cm³/mol. The van der Waals surface area contributed by atoms with Crippen molar-refractivity contribution in [3.63, 3.8) is 0 Å². The van der Waals surface area contributed by atoms with E-state index in [4.69, 9.17) is 0 Å². The topological polar surface area (TPSA) is 0 Å². The first-order valence-electron chi connectivity index (χ1n) is 6.05. The Balaban J connectivity index is 2.58. The van der Waals surface area contributed by atoms with Crippen LogP contribution in [0.2, 0.25) is 0 Å². The molecule has 78 valence electrons. The van der Waals surface area contributed by atoms with Gasteiger partial charge in [-0.1, -0.05) is 53.4 Å². The normalized spacial score (nSPS) is 35.1. The highest BCUT2D eigenvalue weighted by Crippen LogP contribution is 2.39. The van der Waals surface area contributed by atoms with E-state index < -0.39 is 0 Å². The van der Waals surface area contributed by atoms with Crippen LogP contribution in [0.3, 0.4) is 0 Å². The monoisotopic (exact) mass is 182 g/mol. The Morgan fingerprint density at radius 3 is 2.54 bits per heavy atom. The Morgan fingerprint density at radius 2 is 1.92 bits per heavy atom. The van der Waals surface area contributed by atoms with Crippen molar-refractivity contribution in [1.82, 2.24) is 0 Å². The van der Waals surface area contributed by atoms with Crippen molar-refractivity contribution in [3.8, 4) is 0 Å². The summed E-state index contributed by atoms with van der Waals surface area (Å²) in [5.74, 6) is 1.94. The summed E-state index contributed by atoms with van der Waals surface area (Å²) in [4.78, 5) is 0. The van der Waals surface area contributed by atoms with E-state index in [0.717, 1.165) is 11.8 Å². The number of hydrogen-bond acceptors (Lipinski definition) is 0. The van der Waals surface area contributed by atoms with E-state index >= 15 is 0 Å². The lowest BCUT2D eigenvalue weighted by atomic mass is 9.71. The summed E-state index contributed by atoms with van der Waals surface area (Å²) < 4.78 is 0. The summed E-state index contributed by atoms with van der Waals surface area (Å²) in [5, 5.41) is 0. The van der Waals surface area contributed by atoms with E-state index in [-0.39, 0.29) is 0 Å². The molecule has 1 aliphatic rings. The van der Waals surface area contributed by atoms with Crippen molar-refractivity contribution < 1.29 is 0 Å². The van der Waals surface area contributed by atoms with Gasteiger partial charge in [-0.15, -0.1) is 0 Å². The van der Waals surface area contributed by atoms with Crippen LogP contribution < -0.4 is 0 Å². The maximum atomic E-state index is 2.45. The summed E-state index contributed by atoms with van der Waals surface area (Å²) in [5.41, 5.74) is 0.607. The highest BCUT2D eigenvalue weighted by Gasteiger charge is 2.27. The molecule has 0 bridgehead atoms. The van der Waals surface area contributed by atoms with E-state index in [2.05, 4.69) is 27.7 Å². The van der Waals surface area contributed by atoms with Crippen molar-refractivity contribution in [3.05, 3.63) is 0 Å². The lowest BCUT2D eigenvalue weighted by molar-refractivity contribution is 0.164. The fraction of sp³-hybridized carbons (Fsp3) is 1.00. The Hall–Kier alpha value is 0. The molecule has 2 unspecified atom stereocenters. The first-order valence-corrected chi connectivity index (χ1v) is 6.05. The molecule has 0 aliphatic heterocycles. The van der Waals surface area contributed by atoms with Crippen LogP contribution in [0.1, 0.15) is 66.2 Å². The minimum absolute atomic E-state index is 0.607. The summed E-state index contributed by atoms with van der Waals surface area (Å²) in [6.07, 6.45) is 8.65. The quantitative estimate of drug-likeness (QED) is 0.554. The van der Waals surface area contributed by atoms with Crippen LogP contribution in [0.4, 0.5) is 0 Å². The Morgan fingerprint density at radius 1 is 1.23 bits per heavy atom. The summed E-state index contributed by atoms with van der Waals surface area (Å²) in [6.45, 7) is 9.72. The molecular formula is C13H26. The smallest absolute Gasteiger partial charge is 0.0351 e. The third-order valence-electron chi connectivity index (χ3n) is 3.91. The minimum Gasteiger partial charge on any atom is -0.0651 e. The molecule has 1 fully saturated rings. The maximum Gasteiger partial charge on any atom is -0.0351 e. The van der Waals surface area contributed by atoms with E-state index in [1.165, 1.54) is 38.5 Å². The molecule has 1 rings (SSSR count). The molecule has 0 heterocycles. The molecule has 1 aliphatic carbocycles. The zero-order valence-electron chi connectivity index (χ0n) is 9.90. The van der Waals surface area contributed by atoms with Crippen molar-refractivity contribution in [2.24, 2.45) is 17.3 Å². The summed E-state index contributed by atoms with van der Waals surface area (Å²) in [7, 11) is 0. The third kappa shape index (κ3) is 3.32. The molecule has 0 aromatic heterocycles. The van der Waals surface area contributed by atoms with Gasteiger partial charge in [0.2, 0.25) is 0 Å². The second-order valence-electron chi connectivity index (χ2n) is 5.76. The lowest BCUT2D eigenvalue weighted by Gasteiger charge is -2.35. The first kappa shape index (κ1) is 11.1. The molecule has 0 amide bonds. The molecule has 0 aromatic carbocycles. The van der Waals surface area contributed by atoms with Crippen LogP contribution in [0.5, 0.6) is 0 Å². The Kier molecular flexibility index (Phi) is 3.82. The van der Waals surface area contributed by atoms with Crippen molar-refractivity contribution in [2.75, 3.05) is 0 Å². The Bertz CT molecular complexity index is 146. The highest BCUT2D eigenvalue weighted by atomic mass is 14.3. The molecule has 0 N–H and O–H groups in total. The van der Waals surface area contributed by atoms with Gasteiger partial charge in [0.1, 0.15) is 0 Å². The first-order chi connectivity index (χ1) is 6.05. The van der Waals surface area contributed by atoms with Crippen molar-refractivity contribution in [2.45, 2.75) is 66.2 Å². The molecule has 0 nitrogen and oxygen atoms in total. The van der Waals surface area contributed by atoms with Crippen LogP contribution in [0.15, 0.2) is 0 Å². The third-order valence-corrected chi connectivity index (χ3v) is 3.91. The van der Waals surface area contributed by atoms with Gasteiger partial charge in [-0.05, 0) is 30.1 Å². The van der Waals surface area contributed by atoms with Gasteiger partial charge < -0.3 is 0 Å². The molecule has 0 aromatic rings. The van der Waals surface area contributed by atoms with Gasteiger partial charge in [0.25, 0.3) is 0 Å². The van der Waals surface area contributed by atoms with E-state index in [0.29, 0.717) is 5.41 Å². The fourth-order valence-corrected chi connectivity index (χ4v) is 2.87. The van der Waals surface area contributed by atoms with E-state index in [1.54, 1.807) is 0 Å². The van der Waals surface area contributed by atoms with Crippen LogP contribution >= 0.6 is 0 Å². The molecule has 13 heavy (non-hydrogen) atoms. The summed E-state index contributed by atoms with van der Waals surface area (Å²) >= 11 is 0. The lowest BCUT2D eigenvalue weighted by Crippen LogP contribution is -2.23. The maximum absolute atomic E-state index is 2.45. The van der Waals surface area contributed by atoms with Crippen LogP contribution in [0.25, 0.3) is 0 Å². The largest absolute Gasteiger partial charge is 0.0651 e. The van der Waals surface area contributed by atoms with Gasteiger partial charge in [-0.2, -0.15) is 0 Å². The molecule has 1 saturated carbocycles.